The number of carbonyl (C=O) groups excluding carboxylic acids is 2. The summed E-state index contributed by atoms with van der Waals surface area (Å²) in [4.78, 5) is 24.9. The number of fused-ring (bicyclic) bond motifs is 1. The van der Waals surface area contributed by atoms with Crippen LogP contribution in [0.5, 0.6) is 0 Å². The lowest BCUT2D eigenvalue weighted by Crippen LogP contribution is -2.32. The first-order valence-corrected chi connectivity index (χ1v) is 7.27. The zero-order valence-corrected chi connectivity index (χ0v) is 10.8. The summed E-state index contributed by atoms with van der Waals surface area (Å²) in [6.07, 6.45) is 0.137. The SMILES string of the molecule is [CH]NS(=O)(=O)CCCN1C(=O)c2ccccc2C1=O. The van der Waals surface area contributed by atoms with E-state index in [0.717, 1.165) is 4.90 Å². The minimum atomic E-state index is -3.54. The Kier molecular flexibility index (Phi) is 3.68. The van der Waals surface area contributed by atoms with Crippen molar-refractivity contribution in [2.24, 2.45) is 0 Å². The molecule has 6 nitrogen and oxygen atoms in total. The van der Waals surface area contributed by atoms with E-state index in [4.69, 9.17) is 7.05 Å². The van der Waals surface area contributed by atoms with E-state index >= 15 is 0 Å². The van der Waals surface area contributed by atoms with Crippen LogP contribution >= 0.6 is 0 Å². The molecule has 1 aromatic rings. The fourth-order valence-corrected chi connectivity index (χ4v) is 2.54. The summed E-state index contributed by atoms with van der Waals surface area (Å²) in [5.74, 6) is -1.02. The Bertz CT molecular complexity index is 589. The highest BCUT2D eigenvalue weighted by Crippen LogP contribution is 2.22. The average Bonchev–Trinajstić information content (AvgIpc) is 2.64. The molecule has 0 fully saturated rings. The van der Waals surface area contributed by atoms with Gasteiger partial charge in [-0.2, -0.15) is 0 Å². The molecule has 2 rings (SSSR count). The molecule has 0 spiro atoms. The lowest BCUT2D eigenvalue weighted by molar-refractivity contribution is 0.0654. The van der Waals surface area contributed by atoms with Gasteiger partial charge in [0.1, 0.15) is 0 Å². The fourth-order valence-electron chi connectivity index (χ4n) is 1.91. The van der Waals surface area contributed by atoms with Crippen molar-refractivity contribution in [2.45, 2.75) is 6.42 Å². The van der Waals surface area contributed by atoms with Crippen LogP contribution in [-0.4, -0.2) is 37.4 Å². The summed E-state index contributed by atoms with van der Waals surface area (Å²) in [5.41, 5.74) is 0.708. The number of rotatable bonds is 5. The van der Waals surface area contributed by atoms with Gasteiger partial charge in [0, 0.05) is 6.54 Å². The number of carbonyl (C=O) groups is 2. The van der Waals surface area contributed by atoms with Gasteiger partial charge in [0.25, 0.3) is 11.8 Å². The number of amides is 2. The van der Waals surface area contributed by atoms with Crippen molar-refractivity contribution >= 4 is 21.8 Å². The highest BCUT2D eigenvalue weighted by Gasteiger charge is 2.34. The monoisotopic (exact) mass is 280 g/mol. The van der Waals surface area contributed by atoms with Crippen LogP contribution in [0.3, 0.4) is 0 Å². The normalized spacial score (nSPS) is 14.9. The van der Waals surface area contributed by atoms with Crippen molar-refractivity contribution in [1.29, 1.82) is 0 Å². The fraction of sp³-hybridized carbons (Fsp3) is 0.250. The lowest BCUT2D eigenvalue weighted by atomic mass is 10.1. The molecule has 1 aliphatic rings. The van der Waals surface area contributed by atoms with E-state index in [1.54, 1.807) is 29.0 Å². The predicted molar refractivity (Wildman–Crippen MR) is 67.6 cm³/mol. The molecule has 1 aliphatic heterocycles. The quantitative estimate of drug-likeness (QED) is 0.619. The van der Waals surface area contributed by atoms with E-state index in [1.165, 1.54) is 0 Å². The highest BCUT2D eigenvalue weighted by molar-refractivity contribution is 7.89. The van der Waals surface area contributed by atoms with Crippen molar-refractivity contribution < 1.29 is 18.0 Å². The molecule has 7 heteroatoms. The van der Waals surface area contributed by atoms with Crippen molar-refractivity contribution in [3.05, 3.63) is 42.4 Å². The van der Waals surface area contributed by atoms with Crippen LogP contribution < -0.4 is 4.72 Å². The van der Waals surface area contributed by atoms with Gasteiger partial charge in [-0.1, -0.05) is 12.1 Å². The Labute approximate surface area is 111 Å². The van der Waals surface area contributed by atoms with Crippen molar-refractivity contribution in [1.82, 2.24) is 9.62 Å². The van der Waals surface area contributed by atoms with Gasteiger partial charge < -0.3 is 0 Å². The summed E-state index contributed by atoms with van der Waals surface area (Å²) >= 11 is 0. The van der Waals surface area contributed by atoms with Crippen LogP contribution in [0, 0.1) is 7.05 Å². The van der Waals surface area contributed by atoms with Gasteiger partial charge in [-0.05, 0) is 18.6 Å². The number of imide groups is 1. The van der Waals surface area contributed by atoms with Crippen molar-refractivity contribution in [2.75, 3.05) is 12.3 Å². The largest absolute Gasteiger partial charge is 0.274 e. The third kappa shape index (κ3) is 2.66. The number of sulfonamides is 1. The number of nitrogens with zero attached hydrogens (tertiary/aromatic N) is 1. The van der Waals surface area contributed by atoms with Crippen LogP contribution in [0.25, 0.3) is 0 Å². The Morgan fingerprint density at radius 2 is 1.63 bits per heavy atom. The molecule has 0 saturated heterocycles. The maximum absolute atomic E-state index is 11.9. The van der Waals surface area contributed by atoms with E-state index in [1.807, 2.05) is 0 Å². The van der Waals surface area contributed by atoms with Crippen LogP contribution in [0.1, 0.15) is 27.1 Å². The molecule has 100 valence electrons. The van der Waals surface area contributed by atoms with Gasteiger partial charge in [-0.15, -0.1) is 0 Å². The number of benzene rings is 1. The van der Waals surface area contributed by atoms with Crippen LogP contribution in [0.4, 0.5) is 0 Å². The molecule has 1 heterocycles. The summed E-state index contributed by atoms with van der Waals surface area (Å²) in [6, 6.07) is 6.51. The summed E-state index contributed by atoms with van der Waals surface area (Å²) in [5, 5.41) is 0. The second-order valence-corrected chi connectivity index (χ2v) is 5.97. The van der Waals surface area contributed by atoms with Crippen molar-refractivity contribution in [3.8, 4) is 0 Å². The number of nitrogens with one attached hydrogen (secondary N) is 1. The third-order valence-corrected chi connectivity index (χ3v) is 4.04. The minimum Gasteiger partial charge on any atom is -0.274 e. The molecule has 1 aromatic carbocycles. The maximum Gasteiger partial charge on any atom is 0.261 e. The predicted octanol–water partition coefficient (Wildman–Crippen LogP) is 0.261. The molecular weight excluding hydrogens is 268 g/mol. The Morgan fingerprint density at radius 1 is 1.11 bits per heavy atom. The van der Waals surface area contributed by atoms with E-state index in [0.29, 0.717) is 11.1 Å². The first-order chi connectivity index (χ1) is 8.96. The van der Waals surface area contributed by atoms with Crippen LogP contribution in [0.2, 0.25) is 0 Å². The molecule has 0 aliphatic carbocycles. The molecule has 0 atom stereocenters. The number of hydrogen-bond donors (Lipinski definition) is 1. The van der Waals surface area contributed by atoms with Gasteiger partial charge in [-0.25, -0.2) is 13.1 Å². The third-order valence-electron chi connectivity index (χ3n) is 2.85. The topological polar surface area (TPSA) is 83.6 Å². The van der Waals surface area contributed by atoms with Crippen LogP contribution in [0.15, 0.2) is 24.3 Å². The molecule has 1 N–H and O–H groups in total. The minimum absolute atomic E-state index is 0.0489. The van der Waals surface area contributed by atoms with E-state index in [-0.39, 0.29) is 18.7 Å². The molecule has 0 aromatic heterocycles. The van der Waals surface area contributed by atoms with Gasteiger partial charge in [0.05, 0.1) is 23.9 Å². The van der Waals surface area contributed by atoms with Gasteiger partial charge in [-0.3, -0.25) is 14.5 Å². The van der Waals surface area contributed by atoms with Gasteiger partial charge in [0.15, 0.2) is 0 Å². The highest BCUT2D eigenvalue weighted by atomic mass is 32.2. The molecule has 2 amide bonds. The van der Waals surface area contributed by atoms with Gasteiger partial charge in [0.2, 0.25) is 10.0 Å². The van der Waals surface area contributed by atoms with Gasteiger partial charge >= 0.3 is 0 Å². The Balaban J connectivity index is 2.05. The zero-order chi connectivity index (χ0) is 14.0. The molecule has 2 radical (unpaired) electrons. The van der Waals surface area contributed by atoms with Crippen LogP contribution in [-0.2, 0) is 10.0 Å². The molecule has 0 unspecified atom stereocenters. The number of hydrogen-bond acceptors (Lipinski definition) is 4. The Hall–Kier alpha value is -1.73. The van der Waals surface area contributed by atoms with Crippen molar-refractivity contribution in [3.63, 3.8) is 0 Å². The molecular formula is C12H12N2O4S. The van der Waals surface area contributed by atoms with E-state index in [9.17, 15) is 18.0 Å². The summed E-state index contributed by atoms with van der Waals surface area (Å²) < 4.78 is 23.9. The Morgan fingerprint density at radius 3 is 2.11 bits per heavy atom. The smallest absolute Gasteiger partial charge is 0.261 e. The van der Waals surface area contributed by atoms with E-state index < -0.39 is 21.8 Å². The molecule has 19 heavy (non-hydrogen) atoms. The second-order valence-electron chi connectivity index (χ2n) is 4.10. The standard InChI is InChI=1S/C12H12N2O4S/c1-13-19(17,18)8-4-7-14-11(15)9-5-2-3-6-10(9)12(14)16/h1-3,5-6,13H,4,7-8H2. The second kappa shape index (κ2) is 5.10. The first kappa shape index (κ1) is 13.7. The molecule has 0 bridgehead atoms. The zero-order valence-electron chi connectivity index (χ0n) is 10.00. The van der Waals surface area contributed by atoms with E-state index in [2.05, 4.69) is 0 Å². The summed E-state index contributed by atoms with van der Waals surface area (Å²) in [7, 11) is 1.30. The molecule has 0 saturated carbocycles. The summed E-state index contributed by atoms with van der Waals surface area (Å²) in [6.45, 7) is 0.0489. The lowest BCUT2D eigenvalue weighted by Gasteiger charge is -2.13. The average molecular weight is 280 g/mol. The maximum atomic E-state index is 11.9. The first-order valence-electron chi connectivity index (χ1n) is 5.61.